The third-order valence-electron chi connectivity index (χ3n) is 3.24. The van der Waals surface area contributed by atoms with Crippen LogP contribution in [0.4, 0.5) is 8.78 Å². The number of rotatable bonds is 2. The molecule has 100 valence electrons. The Labute approximate surface area is 105 Å². The van der Waals surface area contributed by atoms with Gasteiger partial charge in [0.25, 0.3) is 0 Å². The Kier molecular flexibility index (Phi) is 3.68. The molecule has 1 aliphatic rings. The Morgan fingerprint density at radius 2 is 1.94 bits per heavy atom. The zero-order chi connectivity index (χ0) is 13.3. The second-order valence-electron chi connectivity index (χ2n) is 4.54. The summed E-state index contributed by atoms with van der Waals surface area (Å²) >= 11 is 0. The van der Waals surface area contributed by atoms with Gasteiger partial charge in [0.1, 0.15) is 0 Å². The highest BCUT2D eigenvalue weighted by molar-refractivity contribution is 7.89. The van der Waals surface area contributed by atoms with Crippen LogP contribution in [0.3, 0.4) is 0 Å². The minimum atomic E-state index is -3.72. The third kappa shape index (κ3) is 2.40. The highest BCUT2D eigenvalue weighted by atomic mass is 32.2. The molecule has 1 atom stereocenters. The number of benzene rings is 1. The van der Waals surface area contributed by atoms with Crippen molar-refractivity contribution >= 4 is 10.0 Å². The van der Waals surface area contributed by atoms with Crippen LogP contribution in [-0.2, 0) is 10.0 Å². The van der Waals surface area contributed by atoms with Crippen molar-refractivity contribution in [3.8, 4) is 0 Å². The summed E-state index contributed by atoms with van der Waals surface area (Å²) in [6.45, 7) is 2.26. The minimum Gasteiger partial charge on any atom is -0.207 e. The fourth-order valence-electron chi connectivity index (χ4n) is 2.20. The molecule has 3 nitrogen and oxygen atoms in total. The molecular weight excluding hydrogens is 260 g/mol. The van der Waals surface area contributed by atoms with Gasteiger partial charge in [-0.1, -0.05) is 6.42 Å². The number of sulfonamides is 1. The average Bonchev–Trinajstić information content (AvgIpc) is 2.33. The zero-order valence-electron chi connectivity index (χ0n) is 10.1. The normalized spacial score (nSPS) is 22.1. The first-order valence-corrected chi connectivity index (χ1v) is 7.34. The van der Waals surface area contributed by atoms with Gasteiger partial charge in [-0.25, -0.2) is 17.2 Å². The molecule has 1 heterocycles. The predicted octanol–water partition coefficient (Wildman–Crippen LogP) is 2.53. The smallest absolute Gasteiger partial charge is 0.207 e. The Balaban J connectivity index is 2.37. The molecule has 0 unspecified atom stereocenters. The lowest BCUT2D eigenvalue weighted by molar-refractivity contribution is 0.268. The molecule has 1 saturated heterocycles. The third-order valence-corrected chi connectivity index (χ3v) is 5.25. The van der Waals surface area contributed by atoms with Gasteiger partial charge >= 0.3 is 0 Å². The van der Waals surface area contributed by atoms with Crippen molar-refractivity contribution in [1.82, 2.24) is 4.31 Å². The van der Waals surface area contributed by atoms with E-state index in [2.05, 4.69) is 0 Å². The average molecular weight is 275 g/mol. The van der Waals surface area contributed by atoms with Crippen LogP contribution in [0.5, 0.6) is 0 Å². The van der Waals surface area contributed by atoms with Crippen LogP contribution in [0.2, 0.25) is 0 Å². The monoisotopic (exact) mass is 275 g/mol. The molecule has 0 radical (unpaired) electrons. The molecule has 0 N–H and O–H groups in total. The van der Waals surface area contributed by atoms with Crippen LogP contribution >= 0.6 is 0 Å². The van der Waals surface area contributed by atoms with Gasteiger partial charge in [0.15, 0.2) is 11.6 Å². The number of piperidine rings is 1. The van der Waals surface area contributed by atoms with Gasteiger partial charge in [-0.15, -0.1) is 0 Å². The van der Waals surface area contributed by atoms with Gasteiger partial charge in [-0.05, 0) is 38.0 Å². The molecule has 1 aromatic carbocycles. The van der Waals surface area contributed by atoms with Crippen LogP contribution < -0.4 is 0 Å². The lowest BCUT2D eigenvalue weighted by Gasteiger charge is -2.32. The summed E-state index contributed by atoms with van der Waals surface area (Å²) in [6.07, 6.45) is 2.58. The zero-order valence-corrected chi connectivity index (χ0v) is 10.9. The van der Waals surface area contributed by atoms with E-state index in [4.69, 9.17) is 0 Å². The molecule has 6 heteroatoms. The lowest BCUT2D eigenvalue weighted by atomic mass is 10.1. The molecule has 0 aromatic heterocycles. The van der Waals surface area contributed by atoms with Crippen molar-refractivity contribution < 1.29 is 17.2 Å². The first-order valence-electron chi connectivity index (χ1n) is 5.90. The summed E-state index contributed by atoms with van der Waals surface area (Å²) in [4.78, 5) is -0.185. The molecule has 1 aliphatic heterocycles. The number of nitrogens with zero attached hydrogens (tertiary/aromatic N) is 1. The SMILES string of the molecule is C[C@@H]1CCCCN1S(=O)(=O)c1ccc(F)c(F)c1. The topological polar surface area (TPSA) is 37.4 Å². The van der Waals surface area contributed by atoms with Gasteiger partial charge in [0.2, 0.25) is 10.0 Å². The van der Waals surface area contributed by atoms with E-state index in [0.717, 1.165) is 37.5 Å². The molecule has 0 spiro atoms. The van der Waals surface area contributed by atoms with E-state index in [1.807, 2.05) is 6.92 Å². The Morgan fingerprint density at radius 3 is 2.56 bits per heavy atom. The molecular formula is C12H15F2NO2S. The Bertz CT molecular complexity index is 545. The first-order chi connectivity index (χ1) is 8.43. The van der Waals surface area contributed by atoms with E-state index in [1.165, 1.54) is 4.31 Å². The largest absolute Gasteiger partial charge is 0.243 e. The molecule has 1 aromatic rings. The molecule has 0 bridgehead atoms. The summed E-state index contributed by atoms with van der Waals surface area (Å²) < 4.78 is 51.9. The summed E-state index contributed by atoms with van der Waals surface area (Å²) in [5.41, 5.74) is 0. The van der Waals surface area contributed by atoms with E-state index >= 15 is 0 Å². The van der Waals surface area contributed by atoms with Crippen LogP contribution in [-0.4, -0.2) is 25.3 Å². The van der Waals surface area contributed by atoms with Crippen molar-refractivity contribution in [1.29, 1.82) is 0 Å². The van der Waals surface area contributed by atoms with Crippen molar-refractivity contribution in [3.05, 3.63) is 29.8 Å². The highest BCUT2D eigenvalue weighted by Crippen LogP contribution is 2.25. The standard InChI is InChI=1S/C12H15F2NO2S/c1-9-4-2-3-7-15(9)18(16,17)10-5-6-11(13)12(14)8-10/h5-6,8-9H,2-4,7H2,1H3/t9-/m1/s1. The lowest BCUT2D eigenvalue weighted by Crippen LogP contribution is -2.41. The summed E-state index contributed by atoms with van der Waals surface area (Å²) in [5.74, 6) is -2.18. The van der Waals surface area contributed by atoms with Crippen LogP contribution in [0.25, 0.3) is 0 Å². The fourth-order valence-corrected chi connectivity index (χ4v) is 3.91. The molecule has 0 saturated carbocycles. The predicted molar refractivity (Wildman–Crippen MR) is 63.6 cm³/mol. The highest BCUT2D eigenvalue weighted by Gasteiger charge is 2.31. The summed E-state index contributed by atoms with van der Waals surface area (Å²) in [5, 5.41) is 0. The fraction of sp³-hybridized carbons (Fsp3) is 0.500. The van der Waals surface area contributed by atoms with Gasteiger partial charge < -0.3 is 0 Å². The van der Waals surface area contributed by atoms with Gasteiger partial charge in [-0.2, -0.15) is 4.31 Å². The van der Waals surface area contributed by atoms with Crippen molar-refractivity contribution in [2.75, 3.05) is 6.54 Å². The number of hydrogen-bond donors (Lipinski definition) is 0. The second kappa shape index (κ2) is 4.93. The van der Waals surface area contributed by atoms with Gasteiger partial charge in [0.05, 0.1) is 4.90 Å². The van der Waals surface area contributed by atoms with Gasteiger partial charge in [0, 0.05) is 12.6 Å². The summed E-state index contributed by atoms with van der Waals surface area (Å²) in [6, 6.07) is 2.59. The van der Waals surface area contributed by atoms with Crippen LogP contribution in [0, 0.1) is 11.6 Å². The van der Waals surface area contributed by atoms with Crippen molar-refractivity contribution in [3.63, 3.8) is 0 Å². The van der Waals surface area contributed by atoms with Crippen molar-refractivity contribution in [2.24, 2.45) is 0 Å². The van der Waals surface area contributed by atoms with Crippen molar-refractivity contribution in [2.45, 2.75) is 37.1 Å². The van der Waals surface area contributed by atoms with E-state index in [1.54, 1.807) is 0 Å². The Hall–Kier alpha value is -1.01. The van der Waals surface area contributed by atoms with E-state index < -0.39 is 21.7 Å². The maximum atomic E-state index is 13.1. The minimum absolute atomic E-state index is 0.100. The second-order valence-corrected chi connectivity index (χ2v) is 6.43. The first kappa shape index (κ1) is 13.4. The number of halogens is 2. The Morgan fingerprint density at radius 1 is 1.22 bits per heavy atom. The van der Waals surface area contributed by atoms with E-state index in [0.29, 0.717) is 6.54 Å². The molecule has 18 heavy (non-hydrogen) atoms. The van der Waals surface area contributed by atoms with Crippen LogP contribution in [0.15, 0.2) is 23.1 Å². The van der Waals surface area contributed by atoms with E-state index in [9.17, 15) is 17.2 Å². The molecule has 1 fully saturated rings. The molecule has 0 aliphatic carbocycles. The number of hydrogen-bond acceptors (Lipinski definition) is 2. The van der Waals surface area contributed by atoms with Gasteiger partial charge in [-0.3, -0.25) is 0 Å². The molecule has 2 rings (SSSR count). The maximum Gasteiger partial charge on any atom is 0.243 e. The summed E-state index contributed by atoms with van der Waals surface area (Å²) in [7, 11) is -3.72. The quantitative estimate of drug-likeness (QED) is 0.831. The maximum absolute atomic E-state index is 13.1. The van der Waals surface area contributed by atoms with Crippen LogP contribution in [0.1, 0.15) is 26.2 Å². The van der Waals surface area contributed by atoms with E-state index in [-0.39, 0.29) is 10.9 Å². The molecule has 0 amide bonds.